The first-order valence-corrected chi connectivity index (χ1v) is 3.43. The van der Waals surface area contributed by atoms with Crippen molar-refractivity contribution in [2.24, 2.45) is 10.7 Å². The van der Waals surface area contributed by atoms with E-state index in [1.165, 1.54) is 0 Å². The topological polar surface area (TPSA) is 38.4 Å². The SMILES string of the molecule is CC1=CCC=C(CN)C=N1. The van der Waals surface area contributed by atoms with Crippen LogP contribution in [0.4, 0.5) is 0 Å². The number of nitrogens with two attached hydrogens (primary N) is 1. The lowest BCUT2D eigenvalue weighted by Gasteiger charge is -1.90. The Morgan fingerprint density at radius 2 is 2.40 bits per heavy atom. The van der Waals surface area contributed by atoms with Crippen molar-refractivity contribution in [2.45, 2.75) is 13.3 Å². The smallest absolute Gasteiger partial charge is 0.0336 e. The van der Waals surface area contributed by atoms with Crippen molar-refractivity contribution in [3.05, 3.63) is 23.4 Å². The highest BCUT2D eigenvalue weighted by molar-refractivity contribution is 5.80. The molecule has 0 aromatic heterocycles. The largest absolute Gasteiger partial charge is 0.326 e. The number of aliphatic imine (C=N–C) groups is 1. The van der Waals surface area contributed by atoms with Crippen LogP contribution in [0.2, 0.25) is 0 Å². The molecule has 0 aromatic carbocycles. The Balaban J connectivity index is 2.69. The summed E-state index contributed by atoms with van der Waals surface area (Å²) in [4.78, 5) is 4.16. The second kappa shape index (κ2) is 3.32. The standard InChI is InChI=1S/C8H12N2/c1-7-3-2-4-8(5-9)6-10-7/h3-4,6H,2,5,9H2,1H3. The van der Waals surface area contributed by atoms with Gasteiger partial charge in [-0.05, 0) is 18.9 Å². The maximum atomic E-state index is 5.44. The summed E-state index contributed by atoms with van der Waals surface area (Å²) in [6.45, 7) is 2.58. The highest BCUT2D eigenvalue weighted by atomic mass is 14.7. The number of allylic oxidation sites excluding steroid dienone is 3. The molecule has 0 amide bonds. The minimum atomic E-state index is 0.588. The number of rotatable bonds is 1. The predicted molar refractivity (Wildman–Crippen MR) is 44.0 cm³/mol. The van der Waals surface area contributed by atoms with Gasteiger partial charge in [-0.1, -0.05) is 12.2 Å². The molecule has 0 radical (unpaired) electrons. The van der Waals surface area contributed by atoms with Gasteiger partial charge in [0.25, 0.3) is 0 Å². The lowest BCUT2D eigenvalue weighted by atomic mass is 10.2. The fourth-order valence-electron chi connectivity index (χ4n) is 0.807. The lowest BCUT2D eigenvalue weighted by Crippen LogP contribution is -2.03. The van der Waals surface area contributed by atoms with Gasteiger partial charge in [-0.3, -0.25) is 4.99 Å². The molecule has 0 saturated heterocycles. The third-order valence-electron chi connectivity index (χ3n) is 1.46. The summed E-state index contributed by atoms with van der Waals surface area (Å²) in [5, 5.41) is 0. The molecule has 0 spiro atoms. The average molecular weight is 136 g/mol. The van der Waals surface area contributed by atoms with Gasteiger partial charge in [0.05, 0.1) is 0 Å². The monoisotopic (exact) mass is 136 g/mol. The average Bonchev–Trinajstić information content (AvgIpc) is 2.14. The molecule has 2 nitrogen and oxygen atoms in total. The van der Waals surface area contributed by atoms with Crippen molar-refractivity contribution in [1.29, 1.82) is 0 Å². The van der Waals surface area contributed by atoms with Crippen molar-refractivity contribution in [3.63, 3.8) is 0 Å². The fourth-order valence-corrected chi connectivity index (χ4v) is 0.807. The van der Waals surface area contributed by atoms with Crippen LogP contribution in [0.3, 0.4) is 0 Å². The third kappa shape index (κ3) is 1.81. The Hall–Kier alpha value is -0.890. The zero-order chi connectivity index (χ0) is 7.40. The van der Waals surface area contributed by atoms with Crippen LogP contribution in [0.1, 0.15) is 13.3 Å². The third-order valence-corrected chi connectivity index (χ3v) is 1.46. The zero-order valence-electron chi connectivity index (χ0n) is 6.17. The summed E-state index contributed by atoms with van der Waals surface area (Å²) in [6, 6.07) is 0. The van der Waals surface area contributed by atoms with Crippen LogP contribution in [0.25, 0.3) is 0 Å². The molecule has 10 heavy (non-hydrogen) atoms. The van der Waals surface area contributed by atoms with Crippen LogP contribution in [-0.4, -0.2) is 12.8 Å². The van der Waals surface area contributed by atoms with Crippen LogP contribution in [0.15, 0.2) is 28.4 Å². The maximum Gasteiger partial charge on any atom is 0.0336 e. The maximum absolute atomic E-state index is 5.44. The van der Waals surface area contributed by atoms with E-state index in [4.69, 9.17) is 5.73 Å². The molecular weight excluding hydrogens is 124 g/mol. The summed E-state index contributed by atoms with van der Waals surface area (Å²) in [7, 11) is 0. The first-order chi connectivity index (χ1) is 4.83. The van der Waals surface area contributed by atoms with Gasteiger partial charge in [0.1, 0.15) is 0 Å². The van der Waals surface area contributed by atoms with E-state index in [9.17, 15) is 0 Å². The normalized spacial score (nSPS) is 17.8. The van der Waals surface area contributed by atoms with Crippen LogP contribution < -0.4 is 5.73 Å². The zero-order valence-corrected chi connectivity index (χ0v) is 6.17. The van der Waals surface area contributed by atoms with Crippen molar-refractivity contribution in [3.8, 4) is 0 Å². The van der Waals surface area contributed by atoms with E-state index in [2.05, 4.69) is 17.1 Å². The van der Waals surface area contributed by atoms with Gasteiger partial charge in [-0.15, -0.1) is 0 Å². The Kier molecular flexibility index (Phi) is 2.40. The van der Waals surface area contributed by atoms with Crippen LogP contribution in [0.5, 0.6) is 0 Å². The van der Waals surface area contributed by atoms with Crippen molar-refractivity contribution in [2.75, 3.05) is 6.54 Å². The highest BCUT2D eigenvalue weighted by Crippen LogP contribution is 2.04. The molecule has 1 aliphatic heterocycles. The van der Waals surface area contributed by atoms with Gasteiger partial charge in [0.15, 0.2) is 0 Å². The molecule has 1 heterocycles. The molecule has 0 saturated carbocycles. The van der Waals surface area contributed by atoms with Crippen molar-refractivity contribution >= 4 is 6.21 Å². The fraction of sp³-hybridized carbons (Fsp3) is 0.375. The summed E-state index contributed by atoms with van der Waals surface area (Å²) >= 11 is 0. The molecule has 0 aromatic rings. The Labute approximate surface area is 61.1 Å². The molecule has 0 fully saturated rings. The van der Waals surface area contributed by atoms with Gasteiger partial charge in [-0.2, -0.15) is 0 Å². The molecule has 54 valence electrons. The Bertz CT molecular complexity index is 199. The summed E-state index contributed by atoms with van der Waals surface area (Å²) in [6.07, 6.45) is 6.97. The van der Waals surface area contributed by atoms with E-state index >= 15 is 0 Å². The molecule has 0 atom stereocenters. The van der Waals surface area contributed by atoms with Gasteiger partial charge >= 0.3 is 0 Å². The molecule has 2 N–H and O–H groups in total. The van der Waals surface area contributed by atoms with E-state index in [1.54, 1.807) is 0 Å². The highest BCUT2D eigenvalue weighted by Gasteiger charge is 1.92. The van der Waals surface area contributed by atoms with Crippen LogP contribution in [0, 0.1) is 0 Å². The lowest BCUT2D eigenvalue weighted by molar-refractivity contribution is 1.19. The Morgan fingerprint density at radius 1 is 1.60 bits per heavy atom. The van der Waals surface area contributed by atoms with Gasteiger partial charge in [0.2, 0.25) is 0 Å². The predicted octanol–water partition coefficient (Wildman–Crippen LogP) is 1.25. The minimum absolute atomic E-state index is 0.588. The van der Waals surface area contributed by atoms with E-state index in [-0.39, 0.29) is 0 Å². The summed E-state index contributed by atoms with van der Waals surface area (Å²) in [5.41, 5.74) is 7.62. The molecule has 0 aliphatic carbocycles. The number of hydrogen-bond acceptors (Lipinski definition) is 2. The molecule has 2 heteroatoms. The van der Waals surface area contributed by atoms with E-state index in [1.807, 2.05) is 13.1 Å². The minimum Gasteiger partial charge on any atom is -0.326 e. The van der Waals surface area contributed by atoms with Crippen molar-refractivity contribution < 1.29 is 0 Å². The molecule has 1 rings (SSSR count). The second-order valence-electron chi connectivity index (χ2n) is 2.32. The van der Waals surface area contributed by atoms with E-state index in [0.29, 0.717) is 6.54 Å². The van der Waals surface area contributed by atoms with Gasteiger partial charge in [0, 0.05) is 18.5 Å². The first kappa shape index (κ1) is 7.22. The quantitative estimate of drug-likeness (QED) is 0.579. The van der Waals surface area contributed by atoms with Gasteiger partial charge < -0.3 is 5.73 Å². The molecule has 0 unspecified atom stereocenters. The summed E-state index contributed by atoms with van der Waals surface area (Å²) in [5.74, 6) is 0. The van der Waals surface area contributed by atoms with Gasteiger partial charge in [-0.25, -0.2) is 0 Å². The number of hydrogen-bond donors (Lipinski definition) is 1. The van der Waals surface area contributed by atoms with E-state index < -0.39 is 0 Å². The molecule has 1 aliphatic rings. The second-order valence-corrected chi connectivity index (χ2v) is 2.32. The van der Waals surface area contributed by atoms with Crippen molar-refractivity contribution in [1.82, 2.24) is 0 Å². The number of nitrogens with zero attached hydrogens (tertiary/aromatic N) is 1. The molecule has 0 bridgehead atoms. The summed E-state index contributed by atoms with van der Waals surface area (Å²) < 4.78 is 0. The Morgan fingerprint density at radius 3 is 3.10 bits per heavy atom. The first-order valence-electron chi connectivity index (χ1n) is 3.43. The van der Waals surface area contributed by atoms with Crippen LogP contribution >= 0.6 is 0 Å². The van der Waals surface area contributed by atoms with Crippen LogP contribution in [-0.2, 0) is 0 Å². The molecular formula is C8H12N2. The van der Waals surface area contributed by atoms with E-state index in [0.717, 1.165) is 17.7 Å².